The molecule has 0 aliphatic rings. The molecule has 0 spiro atoms. The number of nitrogens with zero attached hydrogens (tertiary/aromatic N) is 2. The highest BCUT2D eigenvalue weighted by Crippen LogP contribution is 2.34. The van der Waals surface area contributed by atoms with Crippen LogP contribution in [0.2, 0.25) is 10.0 Å². The number of carbonyl (C=O) groups excluding carboxylic acids is 2. The average Bonchev–Trinajstić information content (AvgIpc) is 2.86. The van der Waals surface area contributed by atoms with E-state index in [9.17, 15) is 22.4 Å². The molecule has 0 fully saturated rings. The summed E-state index contributed by atoms with van der Waals surface area (Å²) in [5.41, 5.74) is 0.311. The molecular weight excluding hydrogens is 576 g/mol. The first-order valence-electron chi connectivity index (χ1n) is 12.5. The predicted octanol–water partition coefficient (Wildman–Crippen LogP) is 5.45. The van der Waals surface area contributed by atoms with Crippen LogP contribution in [0.3, 0.4) is 0 Å². The number of amides is 2. The van der Waals surface area contributed by atoms with Gasteiger partial charge in [0.25, 0.3) is 0 Å². The van der Waals surface area contributed by atoms with E-state index in [4.69, 9.17) is 23.2 Å². The van der Waals surface area contributed by atoms with Gasteiger partial charge in [-0.2, -0.15) is 0 Å². The lowest BCUT2D eigenvalue weighted by Gasteiger charge is -2.35. The first kappa shape index (κ1) is 31.4. The van der Waals surface area contributed by atoms with Gasteiger partial charge >= 0.3 is 0 Å². The molecule has 214 valence electrons. The summed E-state index contributed by atoms with van der Waals surface area (Å²) in [5.74, 6) is -1.75. The van der Waals surface area contributed by atoms with Gasteiger partial charge in [-0.05, 0) is 44.5 Å². The van der Waals surface area contributed by atoms with E-state index in [1.807, 2.05) is 30.3 Å². The zero-order valence-corrected chi connectivity index (χ0v) is 25.0. The highest BCUT2D eigenvalue weighted by molar-refractivity contribution is 7.92. The predicted molar refractivity (Wildman–Crippen MR) is 157 cm³/mol. The van der Waals surface area contributed by atoms with Crippen molar-refractivity contribution in [3.63, 3.8) is 0 Å². The minimum Gasteiger partial charge on any atom is -0.350 e. The van der Waals surface area contributed by atoms with Crippen molar-refractivity contribution in [2.75, 3.05) is 17.1 Å². The molecule has 0 radical (unpaired) electrons. The zero-order chi connectivity index (χ0) is 29.7. The average molecular weight is 609 g/mol. The molecule has 2 amide bonds. The van der Waals surface area contributed by atoms with Crippen LogP contribution >= 0.6 is 23.2 Å². The van der Waals surface area contributed by atoms with Gasteiger partial charge in [-0.1, -0.05) is 77.8 Å². The molecule has 3 aromatic carbocycles. The van der Waals surface area contributed by atoms with Gasteiger partial charge < -0.3 is 10.2 Å². The van der Waals surface area contributed by atoms with Crippen LogP contribution in [0.1, 0.15) is 31.9 Å². The van der Waals surface area contributed by atoms with Gasteiger partial charge in [0.1, 0.15) is 18.4 Å². The van der Waals surface area contributed by atoms with Crippen LogP contribution in [-0.4, -0.2) is 49.5 Å². The summed E-state index contributed by atoms with van der Waals surface area (Å²) in [6.45, 7) is 4.45. The zero-order valence-electron chi connectivity index (χ0n) is 22.7. The molecule has 3 aromatic rings. The Kier molecular flexibility index (Phi) is 10.2. The minimum atomic E-state index is -4.03. The third-order valence-corrected chi connectivity index (χ3v) is 7.88. The van der Waals surface area contributed by atoms with E-state index in [1.165, 1.54) is 41.3 Å². The molecule has 0 heterocycles. The number of hydrogen-bond donors (Lipinski definition) is 1. The first-order chi connectivity index (χ1) is 18.7. The third kappa shape index (κ3) is 8.43. The second kappa shape index (κ2) is 13.0. The van der Waals surface area contributed by atoms with E-state index in [0.717, 1.165) is 16.1 Å². The monoisotopic (exact) mass is 607 g/mol. The number of sulfonamides is 1. The fraction of sp³-hybridized carbons (Fsp3) is 0.310. The van der Waals surface area contributed by atoms with Gasteiger partial charge in [0.15, 0.2) is 0 Å². The van der Waals surface area contributed by atoms with Crippen LogP contribution in [0.25, 0.3) is 0 Å². The lowest BCUT2D eigenvalue weighted by molar-refractivity contribution is -0.140. The molecule has 0 aliphatic carbocycles. The van der Waals surface area contributed by atoms with Crippen LogP contribution in [-0.2, 0) is 32.6 Å². The highest BCUT2D eigenvalue weighted by atomic mass is 35.5. The summed E-state index contributed by atoms with van der Waals surface area (Å²) < 4.78 is 41.4. The molecule has 7 nitrogen and oxygen atoms in total. The van der Waals surface area contributed by atoms with E-state index in [1.54, 1.807) is 26.8 Å². The molecular formula is C29H32Cl2FN3O4S. The van der Waals surface area contributed by atoms with Crippen molar-refractivity contribution >= 4 is 50.7 Å². The maximum absolute atomic E-state index is 14.8. The molecule has 11 heteroatoms. The van der Waals surface area contributed by atoms with E-state index in [-0.39, 0.29) is 34.3 Å². The lowest BCUT2D eigenvalue weighted by Crippen LogP contribution is -2.56. The second-order valence-corrected chi connectivity index (χ2v) is 13.1. The fourth-order valence-electron chi connectivity index (χ4n) is 4.10. The van der Waals surface area contributed by atoms with Crippen molar-refractivity contribution in [3.8, 4) is 0 Å². The van der Waals surface area contributed by atoms with Gasteiger partial charge in [-0.25, -0.2) is 12.8 Å². The maximum Gasteiger partial charge on any atom is 0.244 e. The second-order valence-electron chi connectivity index (χ2n) is 10.4. The summed E-state index contributed by atoms with van der Waals surface area (Å²) in [4.78, 5) is 28.9. The number of carbonyl (C=O) groups is 2. The quantitative estimate of drug-likeness (QED) is 0.332. The minimum absolute atomic E-state index is 0.00890. The summed E-state index contributed by atoms with van der Waals surface area (Å²) >= 11 is 12.5. The summed E-state index contributed by atoms with van der Waals surface area (Å²) in [5, 5.41) is 2.97. The van der Waals surface area contributed by atoms with Crippen molar-refractivity contribution in [3.05, 3.63) is 99.8 Å². The Bertz CT molecular complexity index is 1460. The fourth-order valence-corrected chi connectivity index (χ4v) is 5.40. The van der Waals surface area contributed by atoms with Gasteiger partial charge in [0.05, 0.1) is 22.0 Å². The van der Waals surface area contributed by atoms with Crippen molar-refractivity contribution < 1.29 is 22.4 Å². The van der Waals surface area contributed by atoms with E-state index in [2.05, 4.69) is 5.32 Å². The first-order valence-corrected chi connectivity index (χ1v) is 15.1. The van der Waals surface area contributed by atoms with Crippen LogP contribution in [0.15, 0.2) is 72.8 Å². The topological polar surface area (TPSA) is 86.8 Å². The summed E-state index contributed by atoms with van der Waals surface area (Å²) in [6.07, 6.45) is 1.05. The van der Waals surface area contributed by atoms with Gasteiger partial charge in [0.2, 0.25) is 21.8 Å². The number of nitrogens with one attached hydrogen (secondary N) is 1. The van der Waals surface area contributed by atoms with Gasteiger partial charge in [-0.3, -0.25) is 13.9 Å². The molecule has 0 aliphatic heterocycles. The molecule has 0 saturated heterocycles. The smallest absolute Gasteiger partial charge is 0.244 e. The molecule has 0 aromatic heterocycles. The molecule has 40 heavy (non-hydrogen) atoms. The number of hydrogen-bond acceptors (Lipinski definition) is 4. The van der Waals surface area contributed by atoms with Gasteiger partial charge in [-0.15, -0.1) is 0 Å². The largest absolute Gasteiger partial charge is 0.350 e. The number of rotatable bonds is 10. The standard InChI is InChI=1S/C29H32Cl2FN3O4S/c1-29(2,3)33-28(37)25(17-20-11-6-5-7-12-20)34(18-21-13-8-9-15-23(21)32)26(36)19-35(40(4,38)39)24-16-10-14-22(30)27(24)31/h5-16,25H,17-19H2,1-4H3,(H,33,37)/t25-/m1/s1. The maximum atomic E-state index is 14.8. The Morgan fingerprint density at radius 2 is 1.57 bits per heavy atom. The Morgan fingerprint density at radius 1 is 0.950 bits per heavy atom. The van der Waals surface area contributed by atoms with E-state index >= 15 is 0 Å². The molecule has 1 atom stereocenters. The Labute approximate surface area is 244 Å². The summed E-state index contributed by atoms with van der Waals surface area (Å²) in [7, 11) is -4.03. The molecule has 0 bridgehead atoms. The Morgan fingerprint density at radius 3 is 2.17 bits per heavy atom. The number of anilines is 1. The van der Waals surface area contributed by atoms with E-state index < -0.39 is 45.8 Å². The van der Waals surface area contributed by atoms with Crippen molar-refractivity contribution in [2.45, 2.75) is 45.3 Å². The molecule has 0 saturated carbocycles. The Hall–Kier alpha value is -3.14. The SMILES string of the molecule is CC(C)(C)NC(=O)[C@@H](Cc1ccccc1)N(Cc1ccccc1F)C(=O)CN(c1cccc(Cl)c1Cl)S(C)(=O)=O. The van der Waals surface area contributed by atoms with Crippen molar-refractivity contribution in [1.82, 2.24) is 10.2 Å². The molecule has 1 N–H and O–H groups in total. The lowest BCUT2D eigenvalue weighted by atomic mass is 10.0. The number of benzene rings is 3. The van der Waals surface area contributed by atoms with Crippen LogP contribution in [0, 0.1) is 5.82 Å². The Balaban J connectivity index is 2.11. The molecule has 3 rings (SSSR count). The van der Waals surface area contributed by atoms with Crippen molar-refractivity contribution in [2.24, 2.45) is 0 Å². The third-order valence-electron chi connectivity index (χ3n) is 5.95. The van der Waals surface area contributed by atoms with Gasteiger partial charge in [0, 0.05) is 24.1 Å². The highest BCUT2D eigenvalue weighted by Gasteiger charge is 2.35. The van der Waals surface area contributed by atoms with Crippen molar-refractivity contribution in [1.29, 1.82) is 0 Å². The van der Waals surface area contributed by atoms with Crippen LogP contribution in [0.5, 0.6) is 0 Å². The van der Waals surface area contributed by atoms with Crippen LogP contribution in [0.4, 0.5) is 10.1 Å². The van der Waals surface area contributed by atoms with E-state index in [0.29, 0.717) is 0 Å². The molecule has 0 unspecified atom stereocenters. The van der Waals surface area contributed by atoms with Crippen LogP contribution < -0.4 is 9.62 Å². The summed E-state index contributed by atoms with van der Waals surface area (Å²) in [6, 6.07) is 18.3. The normalized spacial score (nSPS) is 12.5. The number of halogens is 3.